The Labute approximate surface area is 117 Å². The lowest BCUT2D eigenvalue weighted by Gasteiger charge is -2.02. The summed E-state index contributed by atoms with van der Waals surface area (Å²) in [6.45, 7) is 0. The van der Waals surface area contributed by atoms with Gasteiger partial charge in [-0.3, -0.25) is 0 Å². The van der Waals surface area contributed by atoms with Crippen molar-refractivity contribution in [2.24, 2.45) is 0 Å². The molecule has 0 aliphatic heterocycles. The Morgan fingerprint density at radius 2 is 1.79 bits per heavy atom. The Kier molecular flexibility index (Phi) is 2.83. The molecule has 0 aliphatic rings. The van der Waals surface area contributed by atoms with Crippen LogP contribution in [0.5, 0.6) is 0 Å². The molecule has 1 heterocycles. The average molecular weight is 317 g/mol. The molecule has 4 nitrogen and oxygen atoms in total. The second kappa shape index (κ2) is 4.51. The maximum atomic E-state index is 11.2. The minimum absolute atomic E-state index is 0.0681. The Balaban J connectivity index is 2.29. The molecule has 0 amide bonds. The molecule has 0 atom stereocenters. The Bertz CT molecular complexity index is 763. The maximum absolute atomic E-state index is 11.2. The first-order valence-electron chi connectivity index (χ1n) is 5.64. The SMILES string of the molecule is O=C(O)c1nn(-c2ccc(Br)cc2)c2ccccc12. The largest absolute Gasteiger partial charge is 0.476 e. The van der Waals surface area contributed by atoms with Gasteiger partial charge in [-0.2, -0.15) is 5.10 Å². The van der Waals surface area contributed by atoms with Crippen molar-refractivity contribution in [3.63, 3.8) is 0 Å². The van der Waals surface area contributed by atoms with Crippen LogP contribution in [-0.4, -0.2) is 20.9 Å². The van der Waals surface area contributed by atoms with Crippen LogP contribution in [0.15, 0.2) is 53.0 Å². The van der Waals surface area contributed by atoms with E-state index in [-0.39, 0.29) is 5.69 Å². The van der Waals surface area contributed by atoms with E-state index in [2.05, 4.69) is 21.0 Å². The van der Waals surface area contributed by atoms with Crippen molar-refractivity contribution < 1.29 is 9.90 Å². The number of carbonyl (C=O) groups is 1. The fraction of sp³-hybridized carbons (Fsp3) is 0. The van der Waals surface area contributed by atoms with Crippen LogP contribution < -0.4 is 0 Å². The van der Waals surface area contributed by atoms with Crippen LogP contribution in [0.1, 0.15) is 10.5 Å². The molecule has 94 valence electrons. The lowest BCUT2D eigenvalue weighted by molar-refractivity contribution is 0.0692. The van der Waals surface area contributed by atoms with E-state index in [0.29, 0.717) is 5.39 Å². The van der Waals surface area contributed by atoms with E-state index in [9.17, 15) is 9.90 Å². The van der Waals surface area contributed by atoms with Crippen molar-refractivity contribution in [2.45, 2.75) is 0 Å². The van der Waals surface area contributed by atoms with Crippen molar-refractivity contribution in [1.82, 2.24) is 9.78 Å². The summed E-state index contributed by atoms with van der Waals surface area (Å²) in [6, 6.07) is 14.9. The van der Waals surface area contributed by atoms with Gasteiger partial charge in [0.1, 0.15) is 0 Å². The number of benzene rings is 2. The van der Waals surface area contributed by atoms with Gasteiger partial charge in [0.25, 0.3) is 0 Å². The quantitative estimate of drug-likeness (QED) is 0.787. The molecular formula is C14H9BrN2O2. The number of rotatable bonds is 2. The van der Waals surface area contributed by atoms with E-state index in [1.165, 1.54) is 0 Å². The lowest BCUT2D eigenvalue weighted by Crippen LogP contribution is -2.01. The van der Waals surface area contributed by atoms with Gasteiger partial charge in [-0.05, 0) is 30.3 Å². The summed E-state index contributed by atoms with van der Waals surface area (Å²) >= 11 is 3.37. The zero-order valence-electron chi connectivity index (χ0n) is 9.75. The van der Waals surface area contributed by atoms with Crippen molar-refractivity contribution in [3.05, 3.63) is 58.7 Å². The van der Waals surface area contributed by atoms with Crippen LogP contribution in [0.4, 0.5) is 0 Å². The average Bonchev–Trinajstić information content (AvgIpc) is 2.79. The minimum atomic E-state index is -1.02. The Morgan fingerprint density at radius 1 is 1.11 bits per heavy atom. The number of fused-ring (bicyclic) bond motifs is 1. The minimum Gasteiger partial charge on any atom is -0.476 e. The van der Waals surface area contributed by atoms with Gasteiger partial charge in [0.05, 0.1) is 11.2 Å². The summed E-state index contributed by atoms with van der Waals surface area (Å²) < 4.78 is 2.61. The van der Waals surface area contributed by atoms with Crippen LogP contribution in [-0.2, 0) is 0 Å². The zero-order valence-corrected chi connectivity index (χ0v) is 11.3. The normalized spacial score (nSPS) is 10.8. The lowest BCUT2D eigenvalue weighted by atomic mass is 10.2. The third-order valence-corrected chi connectivity index (χ3v) is 3.39. The van der Waals surface area contributed by atoms with Gasteiger partial charge in [0.15, 0.2) is 5.69 Å². The molecule has 0 unspecified atom stereocenters. The first-order chi connectivity index (χ1) is 9.16. The summed E-state index contributed by atoms with van der Waals surface area (Å²) in [5.74, 6) is -1.02. The molecule has 0 fully saturated rings. The van der Waals surface area contributed by atoms with E-state index in [1.807, 2.05) is 42.5 Å². The fourth-order valence-corrected chi connectivity index (χ4v) is 2.27. The number of hydrogen-bond donors (Lipinski definition) is 1. The molecule has 3 rings (SSSR count). The first-order valence-corrected chi connectivity index (χ1v) is 6.43. The summed E-state index contributed by atoms with van der Waals surface area (Å²) in [5.41, 5.74) is 1.67. The molecule has 5 heteroatoms. The Morgan fingerprint density at radius 3 is 2.47 bits per heavy atom. The van der Waals surface area contributed by atoms with Crippen molar-refractivity contribution in [3.8, 4) is 5.69 Å². The maximum Gasteiger partial charge on any atom is 0.357 e. The molecule has 0 saturated carbocycles. The molecule has 0 bridgehead atoms. The predicted molar refractivity (Wildman–Crippen MR) is 75.7 cm³/mol. The smallest absolute Gasteiger partial charge is 0.357 e. The van der Waals surface area contributed by atoms with Crippen molar-refractivity contribution in [1.29, 1.82) is 0 Å². The van der Waals surface area contributed by atoms with Gasteiger partial charge >= 0.3 is 5.97 Å². The Hall–Kier alpha value is -2.14. The molecule has 0 aliphatic carbocycles. The molecule has 1 aromatic heterocycles. The first kappa shape index (κ1) is 11.9. The second-order valence-electron chi connectivity index (χ2n) is 4.06. The zero-order chi connectivity index (χ0) is 13.4. The van der Waals surface area contributed by atoms with E-state index in [4.69, 9.17) is 0 Å². The number of carboxylic acid groups (broad SMARTS) is 1. The van der Waals surface area contributed by atoms with Gasteiger partial charge in [-0.15, -0.1) is 0 Å². The third kappa shape index (κ3) is 2.02. The summed E-state index contributed by atoms with van der Waals surface area (Å²) in [5, 5.41) is 14.0. The summed E-state index contributed by atoms with van der Waals surface area (Å²) in [4.78, 5) is 11.2. The number of hydrogen-bond acceptors (Lipinski definition) is 2. The van der Waals surface area contributed by atoms with Gasteiger partial charge in [0, 0.05) is 9.86 Å². The molecule has 0 spiro atoms. The number of aromatic nitrogens is 2. The molecule has 1 N–H and O–H groups in total. The van der Waals surface area contributed by atoms with Crippen LogP contribution in [0.2, 0.25) is 0 Å². The van der Waals surface area contributed by atoms with E-state index in [0.717, 1.165) is 15.7 Å². The number of para-hydroxylation sites is 1. The fourth-order valence-electron chi connectivity index (χ4n) is 2.00. The van der Waals surface area contributed by atoms with E-state index in [1.54, 1.807) is 10.7 Å². The van der Waals surface area contributed by atoms with Crippen LogP contribution in [0.3, 0.4) is 0 Å². The van der Waals surface area contributed by atoms with Gasteiger partial charge in [0.2, 0.25) is 0 Å². The second-order valence-corrected chi connectivity index (χ2v) is 4.97. The molecule has 0 saturated heterocycles. The van der Waals surface area contributed by atoms with Gasteiger partial charge in [-0.25, -0.2) is 9.48 Å². The highest BCUT2D eigenvalue weighted by Gasteiger charge is 2.16. The van der Waals surface area contributed by atoms with Crippen LogP contribution in [0.25, 0.3) is 16.6 Å². The molecule has 2 aromatic carbocycles. The van der Waals surface area contributed by atoms with Gasteiger partial charge in [-0.1, -0.05) is 34.1 Å². The summed E-state index contributed by atoms with van der Waals surface area (Å²) in [6.07, 6.45) is 0. The predicted octanol–water partition coefficient (Wildman–Crippen LogP) is 3.49. The highest BCUT2D eigenvalue weighted by molar-refractivity contribution is 9.10. The number of halogens is 1. The standard InChI is InChI=1S/C14H9BrN2O2/c15-9-5-7-10(8-6-9)17-12-4-2-1-3-11(12)13(16-17)14(18)19/h1-8H,(H,18,19). The molecule has 0 radical (unpaired) electrons. The molecule has 19 heavy (non-hydrogen) atoms. The third-order valence-electron chi connectivity index (χ3n) is 2.86. The van der Waals surface area contributed by atoms with E-state index < -0.39 is 5.97 Å². The topological polar surface area (TPSA) is 55.1 Å². The molecular weight excluding hydrogens is 308 g/mol. The van der Waals surface area contributed by atoms with Crippen LogP contribution in [0, 0.1) is 0 Å². The highest BCUT2D eigenvalue weighted by atomic mass is 79.9. The van der Waals surface area contributed by atoms with E-state index >= 15 is 0 Å². The number of carboxylic acids is 1. The monoisotopic (exact) mass is 316 g/mol. The van der Waals surface area contributed by atoms with Crippen molar-refractivity contribution >= 4 is 32.8 Å². The van der Waals surface area contributed by atoms with Gasteiger partial charge < -0.3 is 5.11 Å². The van der Waals surface area contributed by atoms with Crippen LogP contribution >= 0.6 is 15.9 Å². The summed E-state index contributed by atoms with van der Waals surface area (Å²) in [7, 11) is 0. The number of aromatic carboxylic acids is 1. The van der Waals surface area contributed by atoms with Crippen molar-refractivity contribution in [2.75, 3.05) is 0 Å². The number of nitrogens with zero attached hydrogens (tertiary/aromatic N) is 2. The highest BCUT2D eigenvalue weighted by Crippen LogP contribution is 2.23. The molecule has 3 aromatic rings.